The lowest BCUT2D eigenvalue weighted by molar-refractivity contribution is 0.339. The predicted octanol–water partition coefficient (Wildman–Crippen LogP) is 3.93. The lowest BCUT2D eigenvalue weighted by atomic mass is 10.1. The number of aryl methyl sites for hydroxylation is 2. The molecule has 108 valence electrons. The second kappa shape index (κ2) is 8.49. The largest absolute Gasteiger partial charge is 0.492 e. The Morgan fingerprint density at radius 2 is 1.84 bits per heavy atom. The highest BCUT2D eigenvalue weighted by molar-refractivity contribution is 7.99. The zero-order chi connectivity index (χ0) is 14.3. The zero-order valence-corrected chi connectivity index (χ0v) is 13.7. The Kier molecular flexibility index (Phi) is 7.32. The molecule has 3 heteroatoms. The number of nitrogens with one attached hydrogen (secondary N) is 1. The summed E-state index contributed by atoms with van der Waals surface area (Å²) in [6.45, 7) is 12.5. The number of hydrogen-bond donors (Lipinski definition) is 1. The average molecular weight is 281 g/mol. The molecule has 0 aliphatic carbocycles. The molecule has 2 nitrogen and oxygen atoms in total. The minimum Gasteiger partial charge on any atom is -0.492 e. The molecule has 0 unspecified atom stereocenters. The fourth-order valence-corrected chi connectivity index (χ4v) is 2.53. The third kappa shape index (κ3) is 5.87. The molecule has 19 heavy (non-hydrogen) atoms. The summed E-state index contributed by atoms with van der Waals surface area (Å²) in [4.78, 5) is 0. The molecule has 0 aliphatic heterocycles. The van der Waals surface area contributed by atoms with Crippen molar-refractivity contribution in [3.8, 4) is 5.75 Å². The van der Waals surface area contributed by atoms with Crippen LogP contribution in [0.25, 0.3) is 0 Å². The first-order valence-corrected chi connectivity index (χ1v) is 8.24. The van der Waals surface area contributed by atoms with E-state index in [1.54, 1.807) is 0 Å². The Bertz CT molecular complexity index is 367. The number of rotatable bonds is 8. The van der Waals surface area contributed by atoms with Gasteiger partial charge in [0.05, 0.1) is 6.61 Å². The molecule has 1 N–H and O–H groups in total. The second-order valence-corrected chi connectivity index (χ2v) is 6.53. The first-order chi connectivity index (χ1) is 9.04. The van der Waals surface area contributed by atoms with Crippen LogP contribution in [0.5, 0.6) is 5.75 Å². The van der Waals surface area contributed by atoms with Gasteiger partial charge in [0.15, 0.2) is 0 Å². The Labute approximate surface area is 122 Å². The minimum atomic E-state index is 0.516. The molecule has 1 rings (SSSR count). The first-order valence-electron chi connectivity index (χ1n) is 7.08. The van der Waals surface area contributed by atoms with Gasteiger partial charge < -0.3 is 10.1 Å². The van der Waals surface area contributed by atoms with Gasteiger partial charge in [-0.15, -0.1) is 0 Å². The van der Waals surface area contributed by atoms with E-state index >= 15 is 0 Å². The summed E-state index contributed by atoms with van der Waals surface area (Å²) in [6.07, 6.45) is 0. The summed E-state index contributed by atoms with van der Waals surface area (Å²) in [7, 11) is 0. The van der Waals surface area contributed by atoms with Gasteiger partial charge in [0.1, 0.15) is 5.75 Å². The summed E-state index contributed by atoms with van der Waals surface area (Å²) < 4.78 is 5.91. The maximum atomic E-state index is 5.91. The summed E-state index contributed by atoms with van der Waals surface area (Å²) in [5.41, 5.74) is 3.81. The second-order valence-electron chi connectivity index (χ2n) is 5.14. The van der Waals surface area contributed by atoms with Crippen molar-refractivity contribution in [3.05, 3.63) is 28.8 Å². The number of hydrogen-bond acceptors (Lipinski definition) is 3. The molecule has 0 amide bonds. The zero-order valence-electron chi connectivity index (χ0n) is 12.9. The minimum absolute atomic E-state index is 0.516. The lowest BCUT2D eigenvalue weighted by Crippen LogP contribution is -2.22. The average Bonchev–Trinajstić information content (AvgIpc) is 2.34. The van der Waals surface area contributed by atoms with E-state index in [1.807, 2.05) is 11.8 Å². The van der Waals surface area contributed by atoms with Crippen LogP contribution in [-0.2, 0) is 6.54 Å². The summed E-state index contributed by atoms with van der Waals surface area (Å²) in [6, 6.07) is 4.97. The Hall–Kier alpha value is -0.670. The summed E-state index contributed by atoms with van der Waals surface area (Å²) in [5.74, 6) is 3.28. The Morgan fingerprint density at radius 3 is 2.37 bits per heavy atom. The number of benzene rings is 1. The van der Waals surface area contributed by atoms with Gasteiger partial charge in [0, 0.05) is 18.3 Å². The van der Waals surface area contributed by atoms with Gasteiger partial charge in [0.25, 0.3) is 0 Å². The molecule has 0 spiro atoms. The van der Waals surface area contributed by atoms with Crippen molar-refractivity contribution in [1.82, 2.24) is 5.32 Å². The van der Waals surface area contributed by atoms with Crippen molar-refractivity contribution in [3.63, 3.8) is 0 Å². The van der Waals surface area contributed by atoms with Gasteiger partial charge >= 0.3 is 0 Å². The fraction of sp³-hybridized carbons (Fsp3) is 0.625. The van der Waals surface area contributed by atoms with Crippen molar-refractivity contribution < 1.29 is 4.74 Å². The molecular weight excluding hydrogens is 254 g/mol. The van der Waals surface area contributed by atoms with Crippen LogP contribution in [0.4, 0.5) is 0 Å². The van der Waals surface area contributed by atoms with Gasteiger partial charge in [-0.05, 0) is 36.3 Å². The maximum absolute atomic E-state index is 5.91. The third-order valence-electron chi connectivity index (χ3n) is 2.91. The van der Waals surface area contributed by atoms with Crippen molar-refractivity contribution >= 4 is 11.8 Å². The van der Waals surface area contributed by atoms with Crippen molar-refractivity contribution in [2.45, 2.75) is 47.2 Å². The summed E-state index contributed by atoms with van der Waals surface area (Å²) >= 11 is 1.92. The van der Waals surface area contributed by atoms with E-state index in [1.165, 1.54) is 16.7 Å². The van der Waals surface area contributed by atoms with Crippen molar-refractivity contribution in [2.75, 3.05) is 18.1 Å². The maximum Gasteiger partial charge on any atom is 0.125 e. The van der Waals surface area contributed by atoms with E-state index in [9.17, 15) is 0 Å². The van der Waals surface area contributed by atoms with Gasteiger partial charge in [-0.1, -0.05) is 32.9 Å². The Balaban J connectivity index is 2.63. The van der Waals surface area contributed by atoms with Gasteiger partial charge in [-0.25, -0.2) is 0 Å². The van der Waals surface area contributed by atoms with Crippen LogP contribution in [0.2, 0.25) is 0 Å². The molecule has 0 saturated heterocycles. The molecule has 0 radical (unpaired) electrons. The van der Waals surface area contributed by atoms with Gasteiger partial charge in [-0.2, -0.15) is 11.8 Å². The highest BCUT2D eigenvalue weighted by atomic mass is 32.2. The highest BCUT2D eigenvalue weighted by Gasteiger charge is 2.07. The standard InChI is InChI=1S/C16H27NOS/c1-6-19-8-7-18-16-13(4)9-15(10-14(16)5)11-17-12(2)3/h9-10,12,17H,6-8,11H2,1-5H3. The van der Waals surface area contributed by atoms with Gasteiger partial charge in [0.2, 0.25) is 0 Å². The van der Waals surface area contributed by atoms with E-state index in [0.717, 1.165) is 30.4 Å². The molecular formula is C16H27NOS. The van der Waals surface area contributed by atoms with Crippen LogP contribution in [-0.4, -0.2) is 24.2 Å². The quantitative estimate of drug-likeness (QED) is 0.729. The van der Waals surface area contributed by atoms with Crippen LogP contribution in [0, 0.1) is 13.8 Å². The van der Waals surface area contributed by atoms with E-state index in [2.05, 4.69) is 52.1 Å². The molecule has 1 aromatic carbocycles. The van der Waals surface area contributed by atoms with E-state index in [4.69, 9.17) is 4.74 Å². The van der Waals surface area contributed by atoms with Gasteiger partial charge in [-0.3, -0.25) is 0 Å². The first kappa shape index (κ1) is 16.4. The van der Waals surface area contributed by atoms with Crippen LogP contribution in [0.3, 0.4) is 0 Å². The molecule has 0 heterocycles. The highest BCUT2D eigenvalue weighted by Crippen LogP contribution is 2.25. The van der Waals surface area contributed by atoms with Crippen LogP contribution < -0.4 is 10.1 Å². The SMILES string of the molecule is CCSCCOc1c(C)cc(CNC(C)C)cc1C. The lowest BCUT2D eigenvalue weighted by Gasteiger charge is -2.15. The normalized spacial score (nSPS) is 11.1. The summed E-state index contributed by atoms with van der Waals surface area (Å²) in [5, 5.41) is 3.45. The fourth-order valence-electron chi connectivity index (χ4n) is 2.04. The van der Waals surface area contributed by atoms with E-state index in [-0.39, 0.29) is 0 Å². The van der Waals surface area contributed by atoms with E-state index < -0.39 is 0 Å². The third-order valence-corrected chi connectivity index (χ3v) is 3.78. The number of ether oxygens (including phenoxy) is 1. The molecule has 0 aliphatic rings. The van der Waals surface area contributed by atoms with Crippen LogP contribution in [0.1, 0.15) is 37.5 Å². The van der Waals surface area contributed by atoms with Crippen molar-refractivity contribution in [2.24, 2.45) is 0 Å². The smallest absolute Gasteiger partial charge is 0.125 e. The molecule has 0 bridgehead atoms. The number of thioether (sulfide) groups is 1. The molecule has 0 atom stereocenters. The molecule has 0 saturated carbocycles. The van der Waals surface area contributed by atoms with Crippen LogP contribution >= 0.6 is 11.8 Å². The molecule has 1 aromatic rings. The molecule has 0 aromatic heterocycles. The molecule has 0 fully saturated rings. The topological polar surface area (TPSA) is 21.3 Å². The van der Waals surface area contributed by atoms with E-state index in [0.29, 0.717) is 6.04 Å². The Morgan fingerprint density at radius 1 is 1.21 bits per heavy atom. The predicted molar refractivity (Wildman–Crippen MR) is 86.4 cm³/mol. The van der Waals surface area contributed by atoms with Crippen LogP contribution in [0.15, 0.2) is 12.1 Å². The monoisotopic (exact) mass is 281 g/mol. The van der Waals surface area contributed by atoms with Crippen molar-refractivity contribution in [1.29, 1.82) is 0 Å².